The molecule has 0 saturated carbocycles. The molecule has 0 saturated heterocycles. The predicted octanol–water partition coefficient (Wildman–Crippen LogP) is 7.95. The van der Waals surface area contributed by atoms with E-state index in [9.17, 15) is 27.6 Å². The molecule has 43 heavy (non-hydrogen) atoms. The normalized spacial score (nSPS) is 12.5. The molecule has 0 atom stereocenters. The van der Waals surface area contributed by atoms with Crippen LogP contribution in [0.15, 0.2) is 91.1 Å². The second-order valence-corrected chi connectivity index (χ2v) is 9.36. The van der Waals surface area contributed by atoms with E-state index in [4.69, 9.17) is 4.74 Å². The minimum Gasteiger partial charge on any atom is -0.426 e. The first-order valence-electron chi connectivity index (χ1n) is 14.5. The summed E-state index contributed by atoms with van der Waals surface area (Å²) in [6.07, 6.45) is 27.2. The fraction of sp³-hybridized carbons (Fsp3) is 0.382. The third kappa shape index (κ3) is 18.8. The van der Waals surface area contributed by atoms with Gasteiger partial charge < -0.3 is 15.4 Å². The number of ether oxygens (including phenoxy) is 1. The van der Waals surface area contributed by atoms with Crippen molar-refractivity contribution < 1.29 is 32.3 Å². The molecule has 0 aliphatic carbocycles. The SMILES string of the molecule is CC/C=C\C/C=C\C/C=C\C/C=C\C/C=C\C/C=C\CCC(=O)NCCNC(=O)c1ccc(C(F)(F)F)cc1OC(C)=O. The molecule has 1 rings (SSSR count). The van der Waals surface area contributed by atoms with Gasteiger partial charge in [-0.3, -0.25) is 14.4 Å². The van der Waals surface area contributed by atoms with Gasteiger partial charge in [-0.15, -0.1) is 0 Å². The van der Waals surface area contributed by atoms with E-state index < -0.39 is 29.4 Å². The average Bonchev–Trinajstić information content (AvgIpc) is 2.95. The quantitative estimate of drug-likeness (QED) is 0.0731. The number of alkyl halides is 3. The Morgan fingerprint density at radius 3 is 1.72 bits per heavy atom. The van der Waals surface area contributed by atoms with Crippen molar-refractivity contribution in [3.05, 3.63) is 102 Å². The van der Waals surface area contributed by atoms with Crippen molar-refractivity contribution in [1.29, 1.82) is 0 Å². The lowest BCUT2D eigenvalue weighted by atomic mass is 10.1. The highest BCUT2D eigenvalue weighted by Gasteiger charge is 2.32. The summed E-state index contributed by atoms with van der Waals surface area (Å²) in [6.45, 7) is 3.34. The monoisotopic (exact) mass is 600 g/mol. The minimum absolute atomic E-state index is 0.0466. The highest BCUT2D eigenvalue weighted by atomic mass is 19.4. The molecule has 0 fully saturated rings. The Morgan fingerprint density at radius 2 is 1.23 bits per heavy atom. The first-order valence-corrected chi connectivity index (χ1v) is 14.5. The van der Waals surface area contributed by atoms with E-state index in [1.165, 1.54) is 0 Å². The van der Waals surface area contributed by atoms with Crippen LogP contribution < -0.4 is 15.4 Å². The Bertz CT molecular complexity index is 1180. The van der Waals surface area contributed by atoms with E-state index in [1.54, 1.807) is 0 Å². The van der Waals surface area contributed by atoms with Gasteiger partial charge in [0.15, 0.2) is 0 Å². The Labute approximate surface area is 253 Å². The summed E-state index contributed by atoms with van der Waals surface area (Å²) in [6, 6.07) is 2.28. The zero-order valence-corrected chi connectivity index (χ0v) is 25.0. The van der Waals surface area contributed by atoms with Gasteiger partial charge in [-0.05, 0) is 63.1 Å². The maximum Gasteiger partial charge on any atom is 0.416 e. The summed E-state index contributed by atoms with van der Waals surface area (Å²) in [4.78, 5) is 35.6. The van der Waals surface area contributed by atoms with Crippen molar-refractivity contribution in [3.63, 3.8) is 0 Å². The van der Waals surface area contributed by atoms with E-state index in [2.05, 4.69) is 78.3 Å². The fourth-order valence-corrected chi connectivity index (χ4v) is 3.54. The molecule has 0 aromatic heterocycles. The number of carbonyl (C=O) groups is 3. The number of hydrogen-bond donors (Lipinski definition) is 2. The summed E-state index contributed by atoms with van der Waals surface area (Å²) in [5.41, 5.74) is -1.26. The van der Waals surface area contributed by atoms with E-state index in [-0.39, 0.29) is 31.0 Å². The van der Waals surface area contributed by atoms with E-state index >= 15 is 0 Å². The summed E-state index contributed by atoms with van der Waals surface area (Å²) in [5.74, 6) is -2.26. The molecule has 1 aromatic carbocycles. The number of carbonyl (C=O) groups excluding carboxylic acids is 3. The van der Waals surface area contributed by atoms with Crippen molar-refractivity contribution in [2.24, 2.45) is 0 Å². The third-order valence-electron chi connectivity index (χ3n) is 5.67. The minimum atomic E-state index is -4.65. The first kappa shape index (κ1) is 36.9. The summed E-state index contributed by atoms with van der Waals surface area (Å²) in [5, 5.41) is 5.17. The maximum atomic E-state index is 13.0. The van der Waals surface area contributed by atoms with E-state index in [1.807, 2.05) is 12.2 Å². The van der Waals surface area contributed by atoms with Crippen LogP contribution in [0.4, 0.5) is 13.2 Å². The number of allylic oxidation sites excluding steroid dienone is 12. The molecule has 0 spiro atoms. The summed E-state index contributed by atoms with van der Waals surface area (Å²) in [7, 11) is 0. The lowest BCUT2D eigenvalue weighted by Gasteiger charge is -2.13. The van der Waals surface area contributed by atoms with Crippen molar-refractivity contribution in [2.75, 3.05) is 13.1 Å². The van der Waals surface area contributed by atoms with Crippen LogP contribution in [-0.2, 0) is 15.8 Å². The molecule has 6 nitrogen and oxygen atoms in total. The molecule has 0 bridgehead atoms. The third-order valence-corrected chi connectivity index (χ3v) is 5.67. The van der Waals surface area contributed by atoms with Crippen LogP contribution in [0.3, 0.4) is 0 Å². The zero-order valence-electron chi connectivity index (χ0n) is 25.0. The number of amides is 2. The van der Waals surface area contributed by atoms with Crippen molar-refractivity contribution in [1.82, 2.24) is 10.6 Å². The molecular weight excluding hydrogens is 557 g/mol. The molecule has 0 unspecified atom stereocenters. The molecular formula is C34H43F3N2O4. The lowest BCUT2D eigenvalue weighted by Crippen LogP contribution is -2.34. The predicted molar refractivity (Wildman–Crippen MR) is 166 cm³/mol. The van der Waals surface area contributed by atoms with Gasteiger partial charge in [-0.25, -0.2) is 0 Å². The van der Waals surface area contributed by atoms with Crippen LogP contribution >= 0.6 is 0 Å². The molecule has 0 aliphatic rings. The van der Waals surface area contributed by atoms with Crippen LogP contribution in [0, 0.1) is 0 Å². The van der Waals surface area contributed by atoms with Gasteiger partial charge in [0, 0.05) is 26.4 Å². The molecule has 2 amide bonds. The number of benzene rings is 1. The van der Waals surface area contributed by atoms with Crippen LogP contribution in [0.25, 0.3) is 0 Å². The van der Waals surface area contributed by atoms with Crippen LogP contribution in [0.2, 0.25) is 0 Å². The van der Waals surface area contributed by atoms with Crippen molar-refractivity contribution in [2.45, 2.75) is 71.4 Å². The summed E-state index contributed by atoms with van der Waals surface area (Å²) < 4.78 is 43.7. The molecule has 0 aliphatic heterocycles. The second-order valence-electron chi connectivity index (χ2n) is 9.36. The molecule has 2 N–H and O–H groups in total. The molecule has 0 radical (unpaired) electrons. The molecule has 0 heterocycles. The topological polar surface area (TPSA) is 84.5 Å². The van der Waals surface area contributed by atoms with Gasteiger partial charge in [0.05, 0.1) is 11.1 Å². The van der Waals surface area contributed by atoms with Crippen LogP contribution in [0.1, 0.15) is 81.1 Å². The zero-order chi connectivity index (χ0) is 31.8. The van der Waals surface area contributed by atoms with Crippen molar-refractivity contribution in [3.8, 4) is 5.75 Å². The van der Waals surface area contributed by atoms with Gasteiger partial charge in [-0.1, -0.05) is 79.8 Å². The van der Waals surface area contributed by atoms with E-state index in [0.29, 0.717) is 12.5 Å². The Balaban J connectivity index is 2.19. The number of nitrogens with one attached hydrogen (secondary N) is 2. The number of hydrogen-bond acceptors (Lipinski definition) is 4. The van der Waals surface area contributed by atoms with Gasteiger partial charge in [0.25, 0.3) is 5.91 Å². The van der Waals surface area contributed by atoms with Gasteiger partial charge in [-0.2, -0.15) is 13.2 Å². The van der Waals surface area contributed by atoms with Crippen LogP contribution in [0.5, 0.6) is 5.75 Å². The van der Waals surface area contributed by atoms with Crippen molar-refractivity contribution >= 4 is 17.8 Å². The highest BCUT2D eigenvalue weighted by molar-refractivity contribution is 5.97. The smallest absolute Gasteiger partial charge is 0.416 e. The van der Waals surface area contributed by atoms with Gasteiger partial charge in [0.1, 0.15) is 5.75 Å². The highest BCUT2D eigenvalue weighted by Crippen LogP contribution is 2.33. The molecule has 1 aromatic rings. The maximum absolute atomic E-state index is 13.0. The second kappa shape index (κ2) is 22.5. The largest absolute Gasteiger partial charge is 0.426 e. The number of halogens is 3. The number of rotatable bonds is 19. The van der Waals surface area contributed by atoms with E-state index in [0.717, 1.165) is 57.6 Å². The Hall–Kier alpha value is -4.14. The fourth-order valence-electron chi connectivity index (χ4n) is 3.54. The summed E-state index contributed by atoms with van der Waals surface area (Å²) >= 11 is 0. The Morgan fingerprint density at radius 1 is 0.744 bits per heavy atom. The Kier molecular flexibility index (Phi) is 19.3. The first-order chi connectivity index (χ1) is 20.6. The molecule has 234 valence electrons. The lowest BCUT2D eigenvalue weighted by molar-refractivity contribution is -0.138. The van der Waals surface area contributed by atoms with Gasteiger partial charge in [0.2, 0.25) is 5.91 Å². The van der Waals surface area contributed by atoms with Gasteiger partial charge >= 0.3 is 12.1 Å². The number of esters is 1. The van der Waals surface area contributed by atoms with Crippen LogP contribution in [-0.4, -0.2) is 30.9 Å². The average molecular weight is 601 g/mol. The standard InChI is InChI=1S/C34H43F3N2O4/c1-3-4-5-6-7-8-9-10-11-12-13-14-15-16-17-18-19-20-21-22-32(41)38-25-26-39-33(42)30-24-23-29(34(35,36)37)27-31(30)43-28(2)40/h4-5,7-8,10-11,13-14,16-17,19-20,23-24,27H,3,6,9,12,15,18,21-22,25-26H2,1-2H3,(H,38,41)(H,39,42)/b5-4-,8-7-,11-10-,14-13-,17-16-,20-19-. The molecule has 9 heteroatoms.